The molecule has 0 radical (unpaired) electrons. The van der Waals surface area contributed by atoms with Gasteiger partial charge in [-0.15, -0.1) is 5.10 Å². The molecular weight excluding hydrogens is 386 g/mol. The number of aryl methyl sites for hydroxylation is 1. The minimum Gasteiger partial charge on any atom is -0.369 e. The predicted molar refractivity (Wildman–Crippen MR) is 115 cm³/mol. The van der Waals surface area contributed by atoms with E-state index in [9.17, 15) is 0 Å². The van der Waals surface area contributed by atoms with Gasteiger partial charge in [0.15, 0.2) is 0 Å². The zero-order valence-electron chi connectivity index (χ0n) is 16.1. The molecule has 0 saturated carbocycles. The molecule has 1 aromatic carbocycles. The fourth-order valence-corrected chi connectivity index (χ4v) is 3.21. The van der Waals surface area contributed by atoms with Crippen LogP contribution >= 0.6 is 11.6 Å². The Balaban J connectivity index is 1.50. The first kappa shape index (κ1) is 19.1. The Morgan fingerprint density at radius 1 is 1.00 bits per heavy atom. The van der Waals surface area contributed by atoms with Crippen molar-refractivity contribution < 1.29 is 0 Å². The summed E-state index contributed by atoms with van der Waals surface area (Å²) in [6, 6.07) is 15.7. The van der Waals surface area contributed by atoms with Crippen molar-refractivity contribution in [1.29, 1.82) is 0 Å². The molecule has 0 spiro atoms. The number of aromatic nitrogens is 5. The van der Waals surface area contributed by atoms with E-state index in [-0.39, 0.29) is 0 Å². The highest BCUT2D eigenvalue weighted by Gasteiger charge is 2.11. The molecule has 3 aromatic heterocycles. The van der Waals surface area contributed by atoms with Crippen LogP contribution in [0, 0.1) is 0 Å². The van der Waals surface area contributed by atoms with Gasteiger partial charge in [-0.1, -0.05) is 36.7 Å². The summed E-state index contributed by atoms with van der Waals surface area (Å²) in [6.45, 7) is 3.40. The van der Waals surface area contributed by atoms with E-state index in [0.29, 0.717) is 23.3 Å². The molecule has 0 aliphatic heterocycles. The number of hydrogen-bond donors (Lipinski definition) is 2. The summed E-state index contributed by atoms with van der Waals surface area (Å²) in [5.74, 6) is 1.96. The highest BCUT2D eigenvalue weighted by Crippen LogP contribution is 2.16. The van der Waals surface area contributed by atoms with E-state index < -0.39 is 0 Å². The summed E-state index contributed by atoms with van der Waals surface area (Å²) >= 11 is 6.05. The quantitative estimate of drug-likeness (QED) is 0.459. The molecule has 0 bridgehead atoms. The van der Waals surface area contributed by atoms with Crippen LogP contribution in [0.4, 0.5) is 11.8 Å². The fraction of sp³-hybridized carbons (Fsp3) is 0.238. The van der Waals surface area contributed by atoms with Crippen LogP contribution in [0.5, 0.6) is 0 Å². The van der Waals surface area contributed by atoms with Crippen LogP contribution in [0.2, 0.25) is 5.02 Å². The van der Waals surface area contributed by atoms with Gasteiger partial charge in [-0.05, 0) is 36.2 Å². The molecule has 148 valence electrons. The van der Waals surface area contributed by atoms with Crippen LogP contribution in [-0.4, -0.2) is 31.1 Å². The van der Waals surface area contributed by atoms with E-state index in [1.54, 1.807) is 4.52 Å². The summed E-state index contributed by atoms with van der Waals surface area (Å²) in [4.78, 5) is 13.5. The number of hydrogen-bond acceptors (Lipinski definition) is 6. The molecule has 4 aromatic rings. The largest absolute Gasteiger partial charge is 0.369 e. The standard InChI is InChI=1S/C21H22ClN7/c1-2-17-13-19(24-11-9-18-8-3-4-10-23-18)29-21(26-17)27-20(28-29)25-14-15-6-5-7-16(22)12-15/h3-8,10,12-13,24H,2,9,11,14H2,1H3,(H,25,28). The third kappa shape index (κ3) is 4.81. The van der Waals surface area contributed by atoms with Gasteiger partial charge in [0, 0.05) is 48.2 Å². The van der Waals surface area contributed by atoms with Gasteiger partial charge in [-0.3, -0.25) is 4.98 Å². The summed E-state index contributed by atoms with van der Waals surface area (Å²) in [5, 5.41) is 12.0. The zero-order valence-corrected chi connectivity index (χ0v) is 16.9. The minimum atomic E-state index is 0.526. The van der Waals surface area contributed by atoms with E-state index in [4.69, 9.17) is 11.6 Å². The molecule has 0 unspecified atom stereocenters. The first-order chi connectivity index (χ1) is 14.2. The summed E-state index contributed by atoms with van der Waals surface area (Å²) < 4.78 is 1.73. The monoisotopic (exact) mass is 407 g/mol. The van der Waals surface area contributed by atoms with Gasteiger partial charge < -0.3 is 10.6 Å². The van der Waals surface area contributed by atoms with Gasteiger partial charge in [0.25, 0.3) is 5.78 Å². The molecule has 3 heterocycles. The lowest BCUT2D eigenvalue weighted by atomic mass is 10.2. The Morgan fingerprint density at radius 3 is 2.72 bits per heavy atom. The van der Waals surface area contributed by atoms with Gasteiger partial charge in [-0.2, -0.15) is 9.50 Å². The van der Waals surface area contributed by atoms with E-state index in [0.717, 1.165) is 42.2 Å². The van der Waals surface area contributed by atoms with Gasteiger partial charge in [0.1, 0.15) is 5.82 Å². The lowest BCUT2D eigenvalue weighted by Gasteiger charge is -2.09. The third-order valence-corrected chi connectivity index (χ3v) is 4.72. The van der Waals surface area contributed by atoms with Crippen molar-refractivity contribution in [3.8, 4) is 0 Å². The second-order valence-corrected chi connectivity index (χ2v) is 7.05. The van der Waals surface area contributed by atoms with Crippen molar-refractivity contribution in [3.63, 3.8) is 0 Å². The molecule has 0 saturated heterocycles. The number of nitrogens with one attached hydrogen (secondary N) is 2. The molecule has 0 aliphatic rings. The van der Waals surface area contributed by atoms with Crippen molar-refractivity contribution in [2.24, 2.45) is 0 Å². The molecular formula is C21H22ClN7. The third-order valence-electron chi connectivity index (χ3n) is 4.48. The van der Waals surface area contributed by atoms with Crippen molar-refractivity contribution >= 4 is 29.1 Å². The second kappa shape index (κ2) is 8.87. The number of nitrogens with zero attached hydrogens (tertiary/aromatic N) is 5. The maximum Gasteiger partial charge on any atom is 0.256 e. The smallest absolute Gasteiger partial charge is 0.256 e. The van der Waals surface area contributed by atoms with Crippen LogP contribution in [0.25, 0.3) is 5.78 Å². The van der Waals surface area contributed by atoms with Crippen LogP contribution in [0.15, 0.2) is 54.7 Å². The van der Waals surface area contributed by atoms with Crippen LogP contribution < -0.4 is 10.6 Å². The van der Waals surface area contributed by atoms with Gasteiger partial charge in [0.05, 0.1) is 0 Å². The number of pyridine rings is 1. The summed E-state index contributed by atoms with van der Waals surface area (Å²) in [6.07, 6.45) is 3.45. The molecule has 29 heavy (non-hydrogen) atoms. The fourth-order valence-electron chi connectivity index (χ4n) is 2.99. The minimum absolute atomic E-state index is 0.526. The molecule has 7 nitrogen and oxygen atoms in total. The van der Waals surface area contributed by atoms with E-state index in [1.165, 1.54) is 0 Å². The van der Waals surface area contributed by atoms with Crippen LogP contribution in [0.1, 0.15) is 23.9 Å². The lowest BCUT2D eigenvalue weighted by molar-refractivity contribution is 0.883. The molecule has 0 atom stereocenters. The topological polar surface area (TPSA) is 80.0 Å². The second-order valence-electron chi connectivity index (χ2n) is 6.61. The van der Waals surface area contributed by atoms with E-state index in [1.807, 2.05) is 54.7 Å². The van der Waals surface area contributed by atoms with E-state index in [2.05, 4.69) is 37.6 Å². The predicted octanol–water partition coefficient (Wildman–Crippen LogP) is 4.00. The van der Waals surface area contributed by atoms with E-state index >= 15 is 0 Å². The normalized spacial score (nSPS) is 11.0. The number of anilines is 2. The molecule has 4 rings (SSSR count). The Kier molecular flexibility index (Phi) is 5.86. The Bertz CT molecular complexity index is 1090. The summed E-state index contributed by atoms with van der Waals surface area (Å²) in [5.41, 5.74) is 3.07. The first-order valence-corrected chi connectivity index (χ1v) is 9.98. The maximum absolute atomic E-state index is 6.05. The Hall–Kier alpha value is -3.19. The van der Waals surface area contributed by atoms with Crippen molar-refractivity contribution in [2.75, 3.05) is 17.2 Å². The lowest BCUT2D eigenvalue weighted by Crippen LogP contribution is -2.11. The molecule has 0 fully saturated rings. The number of rotatable bonds is 8. The molecule has 0 amide bonds. The van der Waals surface area contributed by atoms with Crippen molar-refractivity contribution in [1.82, 2.24) is 24.6 Å². The highest BCUT2D eigenvalue weighted by atomic mass is 35.5. The molecule has 8 heteroatoms. The maximum atomic E-state index is 6.05. The van der Waals surface area contributed by atoms with Crippen molar-refractivity contribution in [2.45, 2.75) is 26.3 Å². The molecule has 2 N–H and O–H groups in total. The van der Waals surface area contributed by atoms with Crippen molar-refractivity contribution in [3.05, 3.63) is 76.7 Å². The van der Waals surface area contributed by atoms with Gasteiger partial charge in [-0.25, -0.2) is 4.98 Å². The van der Waals surface area contributed by atoms with Crippen LogP contribution in [0.3, 0.4) is 0 Å². The zero-order chi connectivity index (χ0) is 20.1. The van der Waals surface area contributed by atoms with Gasteiger partial charge in [0.2, 0.25) is 5.95 Å². The number of halogens is 1. The average Bonchev–Trinajstić information content (AvgIpc) is 3.16. The highest BCUT2D eigenvalue weighted by molar-refractivity contribution is 6.30. The molecule has 0 aliphatic carbocycles. The summed E-state index contributed by atoms with van der Waals surface area (Å²) in [7, 11) is 0. The Labute approximate surface area is 174 Å². The van der Waals surface area contributed by atoms with Gasteiger partial charge >= 0.3 is 0 Å². The SMILES string of the molecule is CCc1cc(NCCc2ccccn2)n2nc(NCc3cccc(Cl)c3)nc2n1. The number of benzene rings is 1. The van der Waals surface area contributed by atoms with Crippen LogP contribution in [-0.2, 0) is 19.4 Å². The number of fused-ring (bicyclic) bond motifs is 1. The average molecular weight is 408 g/mol. The first-order valence-electron chi connectivity index (χ1n) is 9.60. The Morgan fingerprint density at radius 2 is 1.93 bits per heavy atom.